The Morgan fingerprint density at radius 3 is 1.21 bits per heavy atom. The van der Waals surface area contributed by atoms with Crippen molar-refractivity contribution >= 4 is 43.3 Å². The van der Waals surface area contributed by atoms with Crippen LogP contribution in [-0.2, 0) is 20.0 Å². The number of sulfonamides is 2. The molecule has 0 atom stereocenters. The average Bonchev–Trinajstić information content (AvgIpc) is 2.89. The van der Waals surface area contributed by atoms with Gasteiger partial charge in [0.2, 0.25) is 0 Å². The maximum absolute atomic E-state index is 12.1. The molecule has 0 aliphatic carbocycles. The van der Waals surface area contributed by atoms with Crippen molar-refractivity contribution in [2.45, 2.75) is 9.79 Å². The highest BCUT2D eigenvalue weighted by molar-refractivity contribution is 7.93. The Labute approximate surface area is 220 Å². The molecule has 6 N–H and O–H groups in total. The van der Waals surface area contributed by atoms with Crippen molar-refractivity contribution in [2.75, 3.05) is 35.1 Å². The maximum Gasteiger partial charge on any atom is 0.263 e. The van der Waals surface area contributed by atoms with Crippen LogP contribution in [0.1, 0.15) is 0 Å². The molecule has 0 unspecified atom stereocenters. The molecule has 0 spiro atoms. The monoisotopic (exact) mass is 558 g/mol. The fourth-order valence-corrected chi connectivity index (χ4v) is 4.92. The van der Waals surface area contributed by atoms with Gasteiger partial charge in [0.25, 0.3) is 20.0 Å². The zero-order valence-electron chi connectivity index (χ0n) is 20.4. The van der Waals surface area contributed by atoms with Gasteiger partial charge in [0.1, 0.15) is 34.8 Å². The summed E-state index contributed by atoms with van der Waals surface area (Å²) in [7, 11) is -4.33. The van der Waals surface area contributed by atoms with E-state index in [9.17, 15) is 16.8 Å². The third-order valence-electron chi connectivity index (χ3n) is 4.76. The van der Waals surface area contributed by atoms with Crippen LogP contribution in [0.15, 0.2) is 94.7 Å². The molecular formula is C24H26N6O6S2. The normalized spacial score (nSPS) is 11.0. The summed E-state index contributed by atoms with van der Waals surface area (Å²) >= 11 is 0. The smallest absolute Gasteiger partial charge is 0.263 e. The molecule has 0 radical (unpaired) electrons. The van der Waals surface area contributed by atoms with E-state index in [0.717, 1.165) is 0 Å². The molecule has 2 aromatic carbocycles. The molecule has 0 amide bonds. The van der Waals surface area contributed by atoms with Gasteiger partial charge in [-0.3, -0.25) is 9.44 Å². The first-order valence-corrected chi connectivity index (χ1v) is 13.8. The predicted octanol–water partition coefficient (Wildman–Crippen LogP) is 2.95. The number of hydrogen-bond donors (Lipinski definition) is 4. The van der Waals surface area contributed by atoms with Crippen molar-refractivity contribution in [2.24, 2.45) is 0 Å². The molecular weight excluding hydrogens is 532 g/mol. The molecule has 38 heavy (non-hydrogen) atoms. The van der Waals surface area contributed by atoms with Crippen molar-refractivity contribution in [1.29, 1.82) is 0 Å². The standard InChI is InChI=1S/2C12H13N3O3S/c2*1-18-9-5-7-10(8-6-9)19(16,17)15-12-4-2-3-11(13)14-12/h2*2-8H,1H3,(H3,13,14,15). The van der Waals surface area contributed by atoms with Crippen molar-refractivity contribution in [3.05, 3.63) is 84.9 Å². The van der Waals surface area contributed by atoms with E-state index in [0.29, 0.717) is 11.5 Å². The van der Waals surface area contributed by atoms with E-state index in [1.807, 2.05) is 0 Å². The van der Waals surface area contributed by atoms with Crippen LogP contribution < -0.4 is 30.4 Å². The van der Waals surface area contributed by atoms with Gasteiger partial charge in [0, 0.05) is 0 Å². The van der Waals surface area contributed by atoms with Gasteiger partial charge in [-0.2, -0.15) is 0 Å². The molecule has 200 valence electrons. The Hall–Kier alpha value is -4.56. The fourth-order valence-electron chi connectivity index (χ4n) is 2.92. The largest absolute Gasteiger partial charge is 0.497 e. The van der Waals surface area contributed by atoms with Gasteiger partial charge in [-0.05, 0) is 72.8 Å². The molecule has 0 bridgehead atoms. The lowest BCUT2D eigenvalue weighted by Crippen LogP contribution is -2.14. The van der Waals surface area contributed by atoms with Gasteiger partial charge in [0.05, 0.1) is 24.0 Å². The molecule has 0 aliphatic heterocycles. The van der Waals surface area contributed by atoms with E-state index in [1.54, 1.807) is 48.5 Å². The van der Waals surface area contributed by atoms with Crippen LogP contribution in [0.2, 0.25) is 0 Å². The highest BCUT2D eigenvalue weighted by Gasteiger charge is 2.16. The highest BCUT2D eigenvalue weighted by Crippen LogP contribution is 2.19. The molecule has 12 nitrogen and oxygen atoms in total. The molecule has 0 saturated heterocycles. The van der Waals surface area contributed by atoms with Crippen LogP contribution in [0.25, 0.3) is 0 Å². The van der Waals surface area contributed by atoms with E-state index in [4.69, 9.17) is 20.9 Å². The number of ether oxygens (including phenoxy) is 2. The number of pyridine rings is 2. The summed E-state index contributed by atoms with van der Waals surface area (Å²) in [6.07, 6.45) is 0. The summed E-state index contributed by atoms with van der Waals surface area (Å²) in [5.74, 6) is 2.01. The van der Waals surface area contributed by atoms with Gasteiger partial charge < -0.3 is 20.9 Å². The van der Waals surface area contributed by atoms with E-state index in [-0.39, 0.29) is 33.1 Å². The number of rotatable bonds is 8. The molecule has 4 aromatic rings. The van der Waals surface area contributed by atoms with E-state index in [1.165, 1.54) is 50.6 Å². The lowest BCUT2D eigenvalue weighted by atomic mass is 10.3. The minimum Gasteiger partial charge on any atom is -0.497 e. The lowest BCUT2D eigenvalue weighted by Gasteiger charge is -2.08. The molecule has 14 heteroatoms. The number of nitrogens with one attached hydrogen (secondary N) is 2. The number of benzene rings is 2. The third-order valence-corrected chi connectivity index (χ3v) is 7.50. The van der Waals surface area contributed by atoms with Crippen molar-refractivity contribution in [3.8, 4) is 11.5 Å². The Kier molecular flexibility index (Phi) is 8.94. The number of nitrogen functional groups attached to an aromatic ring is 2. The van der Waals surface area contributed by atoms with Gasteiger partial charge >= 0.3 is 0 Å². The Bertz CT molecular complexity index is 1460. The van der Waals surface area contributed by atoms with Gasteiger partial charge in [-0.15, -0.1) is 0 Å². The van der Waals surface area contributed by atoms with Gasteiger partial charge in [0.15, 0.2) is 0 Å². The van der Waals surface area contributed by atoms with Crippen LogP contribution in [0.4, 0.5) is 23.3 Å². The SMILES string of the molecule is COc1ccc(S(=O)(=O)Nc2cccc(N)n2)cc1.COc1ccc(S(=O)(=O)Nc2cccc(N)n2)cc1. The Morgan fingerprint density at radius 2 is 0.921 bits per heavy atom. The van der Waals surface area contributed by atoms with Crippen molar-refractivity contribution in [3.63, 3.8) is 0 Å². The lowest BCUT2D eigenvalue weighted by molar-refractivity contribution is 0.414. The van der Waals surface area contributed by atoms with Crippen LogP contribution in [-0.4, -0.2) is 41.0 Å². The third kappa shape index (κ3) is 7.72. The quantitative estimate of drug-likeness (QED) is 0.250. The molecule has 0 saturated carbocycles. The second-order valence-corrected chi connectivity index (χ2v) is 10.8. The topological polar surface area (TPSA) is 189 Å². The predicted molar refractivity (Wildman–Crippen MR) is 145 cm³/mol. The Morgan fingerprint density at radius 1 is 0.579 bits per heavy atom. The van der Waals surface area contributed by atoms with Gasteiger partial charge in [-0.25, -0.2) is 26.8 Å². The number of anilines is 4. The van der Waals surface area contributed by atoms with Gasteiger partial charge in [-0.1, -0.05) is 12.1 Å². The number of hydrogen-bond acceptors (Lipinski definition) is 10. The second-order valence-electron chi connectivity index (χ2n) is 7.46. The first kappa shape index (κ1) is 28.0. The zero-order valence-corrected chi connectivity index (χ0v) is 22.0. The van der Waals surface area contributed by atoms with E-state index < -0.39 is 20.0 Å². The van der Waals surface area contributed by atoms with Crippen LogP contribution in [0.3, 0.4) is 0 Å². The Balaban J connectivity index is 0.000000211. The van der Waals surface area contributed by atoms with Crippen LogP contribution >= 0.6 is 0 Å². The summed E-state index contributed by atoms with van der Waals surface area (Å²) in [5, 5.41) is 0. The highest BCUT2D eigenvalue weighted by atomic mass is 32.2. The molecule has 2 heterocycles. The van der Waals surface area contributed by atoms with E-state index in [2.05, 4.69) is 19.4 Å². The minimum atomic E-state index is -3.68. The first-order chi connectivity index (χ1) is 18.0. The summed E-state index contributed by atoms with van der Waals surface area (Å²) in [5.41, 5.74) is 11.0. The fraction of sp³-hybridized carbons (Fsp3) is 0.0833. The summed E-state index contributed by atoms with van der Waals surface area (Å²) in [6.45, 7) is 0. The van der Waals surface area contributed by atoms with Crippen LogP contribution in [0.5, 0.6) is 11.5 Å². The number of methoxy groups -OCH3 is 2. The van der Waals surface area contributed by atoms with Crippen LogP contribution in [0, 0.1) is 0 Å². The molecule has 4 rings (SSSR count). The van der Waals surface area contributed by atoms with E-state index >= 15 is 0 Å². The zero-order chi connectivity index (χ0) is 27.8. The first-order valence-electron chi connectivity index (χ1n) is 10.8. The minimum absolute atomic E-state index is 0.123. The average molecular weight is 559 g/mol. The number of nitrogens with two attached hydrogens (primary N) is 2. The molecule has 0 fully saturated rings. The number of nitrogens with zero attached hydrogens (tertiary/aromatic N) is 2. The second kappa shape index (κ2) is 12.1. The van der Waals surface area contributed by atoms with Crippen molar-refractivity contribution in [1.82, 2.24) is 9.97 Å². The molecule has 0 aliphatic rings. The summed E-state index contributed by atoms with van der Waals surface area (Å²) < 4.78 is 63.0. The van der Waals surface area contributed by atoms with Crippen molar-refractivity contribution < 1.29 is 26.3 Å². The summed E-state index contributed by atoms with van der Waals surface area (Å²) in [6, 6.07) is 21.5. The molecule has 2 aromatic heterocycles. The number of aromatic nitrogens is 2. The maximum atomic E-state index is 12.1. The summed E-state index contributed by atoms with van der Waals surface area (Å²) in [4.78, 5) is 8.01.